The van der Waals surface area contributed by atoms with Crippen LogP contribution in [0.5, 0.6) is 5.88 Å². The van der Waals surface area contributed by atoms with E-state index < -0.39 is 0 Å². The van der Waals surface area contributed by atoms with Gasteiger partial charge in [-0.1, -0.05) is 18.9 Å². The molecule has 0 spiro atoms. The van der Waals surface area contributed by atoms with Crippen molar-refractivity contribution >= 4 is 0 Å². The topological polar surface area (TPSA) is 51.4 Å². The summed E-state index contributed by atoms with van der Waals surface area (Å²) in [7, 11) is 1.65. The van der Waals surface area contributed by atoms with Gasteiger partial charge in [0.05, 0.1) is 12.8 Å². The van der Waals surface area contributed by atoms with Crippen LogP contribution in [0.15, 0.2) is 18.2 Å². The van der Waals surface area contributed by atoms with Crippen LogP contribution in [0, 0.1) is 0 Å². The number of hydrogen-bond acceptors (Lipinski definition) is 4. The Kier molecular flexibility index (Phi) is 4.96. The lowest BCUT2D eigenvalue weighted by Crippen LogP contribution is -2.39. The van der Waals surface area contributed by atoms with Crippen molar-refractivity contribution in [1.82, 2.24) is 9.88 Å². The summed E-state index contributed by atoms with van der Waals surface area (Å²) in [6.07, 6.45) is 5.09. The van der Waals surface area contributed by atoms with Crippen LogP contribution in [-0.2, 0) is 6.54 Å². The Labute approximate surface area is 109 Å². The maximum absolute atomic E-state index is 5.89. The first-order chi connectivity index (χ1) is 8.83. The first kappa shape index (κ1) is 13.3. The van der Waals surface area contributed by atoms with E-state index in [1.54, 1.807) is 7.11 Å². The molecule has 1 atom stereocenters. The Bertz CT molecular complexity index is 370. The molecule has 1 aromatic heterocycles. The Morgan fingerprint density at radius 1 is 1.39 bits per heavy atom. The predicted molar refractivity (Wildman–Crippen MR) is 72.5 cm³/mol. The highest BCUT2D eigenvalue weighted by molar-refractivity contribution is 5.15. The van der Waals surface area contributed by atoms with E-state index in [1.807, 2.05) is 12.1 Å². The third-order valence-corrected chi connectivity index (χ3v) is 3.63. The van der Waals surface area contributed by atoms with E-state index in [9.17, 15) is 0 Å². The van der Waals surface area contributed by atoms with Gasteiger partial charge in [0.15, 0.2) is 0 Å². The van der Waals surface area contributed by atoms with Crippen molar-refractivity contribution in [3.8, 4) is 5.88 Å². The molecule has 0 saturated carbocycles. The van der Waals surface area contributed by atoms with Gasteiger partial charge in [0, 0.05) is 25.2 Å². The number of nitrogens with two attached hydrogens (primary N) is 1. The molecule has 1 fully saturated rings. The Morgan fingerprint density at radius 2 is 2.28 bits per heavy atom. The van der Waals surface area contributed by atoms with Crippen molar-refractivity contribution in [2.45, 2.75) is 38.3 Å². The second-order valence-corrected chi connectivity index (χ2v) is 4.88. The number of nitrogens with zero attached hydrogens (tertiary/aromatic N) is 2. The van der Waals surface area contributed by atoms with Gasteiger partial charge in [-0.05, 0) is 25.5 Å². The van der Waals surface area contributed by atoms with Crippen LogP contribution < -0.4 is 10.5 Å². The SMILES string of the molecule is COc1cccc(CN2CCCCCC2CN)n1. The molecule has 0 amide bonds. The molecule has 4 nitrogen and oxygen atoms in total. The minimum absolute atomic E-state index is 0.500. The zero-order valence-corrected chi connectivity index (χ0v) is 11.1. The normalized spacial score (nSPS) is 21.6. The highest BCUT2D eigenvalue weighted by Gasteiger charge is 2.20. The lowest BCUT2D eigenvalue weighted by molar-refractivity contribution is 0.193. The van der Waals surface area contributed by atoms with Crippen LogP contribution in [0.4, 0.5) is 0 Å². The molecule has 1 aliphatic rings. The number of ether oxygens (including phenoxy) is 1. The van der Waals surface area contributed by atoms with Gasteiger partial charge in [0.25, 0.3) is 0 Å². The number of hydrogen-bond donors (Lipinski definition) is 1. The van der Waals surface area contributed by atoms with E-state index in [0.29, 0.717) is 11.9 Å². The molecule has 0 radical (unpaired) electrons. The molecule has 18 heavy (non-hydrogen) atoms. The van der Waals surface area contributed by atoms with E-state index >= 15 is 0 Å². The number of rotatable bonds is 4. The number of likely N-dealkylation sites (tertiary alicyclic amines) is 1. The quantitative estimate of drug-likeness (QED) is 0.884. The molecular formula is C14H23N3O. The van der Waals surface area contributed by atoms with Gasteiger partial charge in [-0.15, -0.1) is 0 Å². The van der Waals surface area contributed by atoms with Gasteiger partial charge in [-0.3, -0.25) is 4.90 Å². The molecule has 1 saturated heterocycles. The van der Waals surface area contributed by atoms with E-state index in [2.05, 4.69) is 16.0 Å². The minimum atomic E-state index is 0.500. The van der Waals surface area contributed by atoms with Crippen LogP contribution in [0.25, 0.3) is 0 Å². The largest absolute Gasteiger partial charge is 0.481 e. The standard InChI is InChI=1S/C14H23N3O/c1-18-14-8-5-6-12(16-14)11-17-9-4-2-3-7-13(17)10-15/h5-6,8,13H,2-4,7,9-11,15H2,1H3. The predicted octanol–water partition coefficient (Wildman–Crippen LogP) is 1.79. The summed E-state index contributed by atoms with van der Waals surface area (Å²) in [5, 5.41) is 0. The summed E-state index contributed by atoms with van der Waals surface area (Å²) in [6, 6.07) is 6.43. The molecule has 2 heterocycles. The second kappa shape index (κ2) is 6.71. The lowest BCUT2D eigenvalue weighted by Gasteiger charge is -2.28. The van der Waals surface area contributed by atoms with Gasteiger partial charge in [0.1, 0.15) is 0 Å². The molecule has 0 aromatic carbocycles. The molecule has 2 N–H and O–H groups in total. The average Bonchev–Trinajstić information content (AvgIpc) is 2.64. The van der Waals surface area contributed by atoms with Gasteiger partial charge < -0.3 is 10.5 Å². The van der Waals surface area contributed by atoms with Crippen LogP contribution in [-0.4, -0.2) is 36.1 Å². The number of methoxy groups -OCH3 is 1. The van der Waals surface area contributed by atoms with Gasteiger partial charge >= 0.3 is 0 Å². The van der Waals surface area contributed by atoms with E-state index in [4.69, 9.17) is 10.5 Å². The summed E-state index contributed by atoms with van der Waals surface area (Å²) in [5.74, 6) is 0.687. The lowest BCUT2D eigenvalue weighted by atomic mass is 10.1. The Hall–Kier alpha value is -1.13. The van der Waals surface area contributed by atoms with Crippen molar-refractivity contribution in [2.75, 3.05) is 20.2 Å². The molecule has 2 rings (SSSR count). The van der Waals surface area contributed by atoms with Crippen LogP contribution in [0.2, 0.25) is 0 Å². The van der Waals surface area contributed by atoms with Crippen molar-refractivity contribution < 1.29 is 4.74 Å². The minimum Gasteiger partial charge on any atom is -0.481 e. The van der Waals surface area contributed by atoms with Crippen LogP contribution in [0.3, 0.4) is 0 Å². The fourth-order valence-corrected chi connectivity index (χ4v) is 2.58. The third-order valence-electron chi connectivity index (χ3n) is 3.63. The fourth-order valence-electron chi connectivity index (χ4n) is 2.58. The van der Waals surface area contributed by atoms with Crippen LogP contribution >= 0.6 is 0 Å². The van der Waals surface area contributed by atoms with E-state index in [0.717, 1.165) is 25.3 Å². The zero-order chi connectivity index (χ0) is 12.8. The number of aromatic nitrogens is 1. The highest BCUT2D eigenvalue weighted by Crippen LogP contribution is 2.18. The second-order valence-electron chi connectivity index (χ2n) is 4.88. The first-order valence-corrected chi connectivity index (χ1v) is 6.77. The fraction of sp³-hybridized carbons (Fsp3) is 0.643. The highest BCUT2D eigenvalue weighted by atomic mass is 16.5. The molecule has 0 bridgehead atoms. The summed E-state index contributed by atoms with van der Waals surface area (Å²) < 4.78 is 5.17. The van der Waals surface area contributed by atoms with Gasteiger partial charge in [0.2, 0.25) is 5.88 Å². The average molecular weight is 249 g/mol. The molecule has 4 heteroatoms. The summed E-state index contributed by atoms with van der Waals surface area (Å²) in [6.45, 7) is 2.74. The summed E-state index contributed by atoms with van der Waals surface area (Å²) in [5.41, 5.74) is 6.95. The maximum Gasteiger partial charge on any atom is 0.213 e. The van der Waals surface area contributed by atoms with Gasteiger partial charge in [-0.25, -0.2) is 4.98 Å². The molecule has 1 aliphatic heterocycles. The zero-order valence-electron chi connectivity index (χ0n) is 11.1. The smallest absolute Gasteiger partial charge is 0.213 e. The summed E-state index contributed by atoms with van der Waals surface area (Å²) in [4.78, 5) is 6.95. The van der Waals surface area contributed by atoms with Crippen LogP contribution in [0.1, 0.15) is 31.4 Å². The van der Waals surface area contributed by atoms with Crippen molar-refractivity contribution in [2.24, 2.45) is 5.73 Å². The monoisotopic (exact) mass is 249 g/mol. The molecule has 1 aromatic rings. The van der Waals surface area contributed by atoms with E-state index in [1.165, 1.54) is 25.7 Å². The van der Waals surface area contributed by atoms with Gasteiger partial charge in [-0.2, -0.15) is 0 Å². The Balaban J connectivity index is 2.05. The molecular weight excluding hydrogens is 226 g/mol. The maximum atomic E-state index is 5.89. The van der Waals surface area contributed by atoms with Crippen molar-refractivity contribution in [3.63, 3.8) is 0 Å². The molecule has 1 unspecified atom stereocenters. The third kappa shape index (κ3) is 3.43. The number of pyridine rings is 1. The molecule has 100 valence electrons. The molecule has 0 aliphatic carbocycles. The van der Waals surface area contributed by atoms with E-state index in [-0.39, 0.29) is 0 Å². The van der Waals surface area contributed by atoms with Crippen molar-refractivity contribution in [3.05, 3.63) is 23.9 Å². The summed E-state index contributed by atoms with van der Waals surface area (Å²) >= 11 is 0. The Morgan fingerprint density at radius 3 is 3.06 bits per heavy atom. The first-order valence-electron chi connectivity index (χ1n) is 6.77. The van der Waals surface area contributed by atoms with Crippen molar-refractivity contribution in [1.29, 1.82) is 0 Å².